The Balaban J connectivity index is 4.14. The van der Waals surface area contributed by atoms with E-state index in [0.29, 0.717) is 12.8 Å². The zero-order valence-corrected chi connectivity index (χ0v) is 7.82. The van der Waals surface area contributed by atoms with Crippen LogP contribution in [0.5, 0.6) is 0 Å². The van der Waals surface area contributed by atoms with Gasteiger partial charge in [-0.3, -0.25) is 0 Å². The second-order valence-corrected chi connectivity index (χ2v) is 2.96. The highest BCUT2D eigenvalue weighted by Gasteiger charge is 2.19. The smallest absolute Gasteiger partial charge is 0.0669 e. The summed E-state index contributed by atoms with van der Waals surface area (Å²) in [5.74, 6) is -0.479. The molecule has 2 atom stereocenters. The third-order valence-electron chi connectivity index (χ3n) is 1.98. The number of nitriles is 3. The van der Waals surface area contributed by atoms with Crippen molar-refractivity contribution in [1.29, 1.82) is 15.8 Å². The number of hydrogen-bond acceptors (Lipinski definition) is 3. The van der Waals surface area contributed by atoms with Gasteiger partial charge >= 0.3 is 0 Å². The number of nitrogens with zero attached hydrogens (tertiary/aromatic N) is 3. The molecule has 0 aliphatic heterocycles. The lowest BCUT2D eigenvalue weighted by Gasteiger charge is -2.12. The lowest BCUT2D eigenvalue weighted by Crippen LogP contribution is -2.10. The first-order chi connectivity index (χ1) is 6.29. The molecule has 13 heavy (non-hydrogen) atoms. The molecule has 0 fully saturated rings. The van der Waals surface area contributed by atoms with E-state index in [0.717, 1.165) is 12.8 Å². The molecule has 0 rings (SSSR count). The lowest BCUT2D eigenvalue weighted by atomic mass is 9.87. The summed E-state index contributed by atoms with van der Waals surface area (Å²) in [5, 5.41) is 25.9. The first kappa shape index (κ1) is 11.5. The molecule has 68 valence electrons. The van der Waals surface area contributed by atoms with Crippen LogP contribution < -0.4 is 0 Å². The van der Waals surface area contributed by atoms with Gasteiger partial charge in [-0.05, 0) is 12.8 Å². The molecule has 0 amide bonds. The van der Waals surface area contributed by atoms with E-state index in [-0.39, 0.29) is 11.8 Å². The van der Waals surface area contributed by atoms with E-state index in [4.69, 9.17) is 15.8 Å². The maximum absolute atomic E-state index is 8.77. The van der Waals surface area contributed by atoms with Crippen LogP contribution in [0.3, 0.4) is 0 Å². The molecule has 0 heterocycles. The van der Waals surface area contributed by atoms with Crippen molar-refractivity contribution in [2.24, 2.45) is 11.8 Å². The lowest BCUT2D eigenvalue weighted by molar-refractivity contribution is 0.438. The Bertz CT molecular complexity index is 251. The predicted octanol–water partition coefficient (Wildman–Crippen LogP) is 2.37. The van der Waals surface area contributed by atoms with Gasteiger partial charge in [0.15, 0.2) is 0 Å². The molecule has 3 heteroatoms. The van der Waals surface area contributed by atoms with Crippen molar-refractivity contribution in [1.82, 2.24) is 0 Å². The normalized spacial score (nSPS) is 13.4. The van der Waals surface area contributed by atoms with Crippen LogP contribution in [0.2, 0.25) is 0 Å². The summed E-state index contributed by atoms with van der Waals surface area (Å²) < 4.78 is 0. The van der Waals surface area contributed by atoms with Gasteiger partial charge in [-0.25, -0.2) is 0 Å². The van der Waals surface area contributed by atoms with Gasteiger partial charge in [0.25, 0.3) is 0 Å². The van der Waals surface area contributed by atoms with E-state index in [1.807, 2.05) is 13.0 Å². The van der Waals surface area contributed by atoms with Gasteiger partial charge in [-0.2, -0.15) is 15.8 Å². The van der Waals surface area contributed by atoms with E-state index >= 15 is 0 Å². The predicted molar refractivity (Wildman–Crippen MR) is 48.0 cm³/mol. The van der Waals surface area contributed by atoms with Crippen LogP contribution >= 0.6 is 0 Å². The van der Waals surface area contributed by atoms with Crippen LogP contribution in [0.1, 0.15) is 32.6 Å². The maximum atomic E-state index is 8.77. The quantitative estimate of drug-likeness (QED) is 0.643. The largest absolute Gasteiger partial charge is 0.198 e. The standard InChI is InChI=1S/C10H13N3/c1-2-4-9(7-12)10(8-13)5-3-6-11/h9-10H,2-5H2,1H3. The van der Waals surface area contributed by atoms with Gasteiger partial charge in [-0.15, -0.1) is 0 Å². The minimum Gasteiger partial charge on any atom is -0.198 e. The van der Waals surface area contributed by atoms with Crippen LogP contribution in [0, 0.1) is 45.8 Å². The Labute approximate surface area is 79.2 Å². The van der Waals surface area contributed by atoms with Gasteiger partial charge in [0, 0.05) is 6.42 Å². The molecule has 3 nitrogen and oxygen atoms in total. The van der Waals surface area contributed by atoms with Crippen molar-refractivity contribution in [3.8, 4) is 18.2 Å². The molecule has 0 aliphatic rings. The van der Waals surface area contributed by atoms with E-state index in [1.165, 1.54) is 0 Å². The average molecular weight is 175 g/mol. The fourth-order valence-corrected chi connectivity index (χ4v) is 1.24. The van der Waals surface area contributed by atoms with E-state index in [1.54, 1.807) is 0 Å². The number of hydrogen-bond donors (Lipinski definition) is 0. The summed E-state index contributed by atoms with van der Waals surface area (Å²) in [7, 11) is 0. The maximum Gasteiger partial charge on any atom is 0.0669 e. The van der Waals surface area contributed by atoms with Crippen molar-refractivity contribution < 1.29 is 0 Å². The fraction of sp³-hybridized carbons (Fsp3) is 0.700. The molecule has 0 saturated carbocycles. The Kier molecular flexibility index (Phi) is 6.30. The molecule has 0 spiro atoms. The highest BCUT2D eigenvalue weighted by molar-refractivity contribution is 4.98. The molecular weight excluding hydrogens is 162 g/mol. The third kappa shape index (κ3) is 4.14. The van der Waals surface area contributed by atoms with Crippen molar-refractivity contribution in [2.75, 3.05) is 0 Å². The van der Waals surface area contributed by atoms with Crippen molar-refractivity contribution in [3.63, 3.8) is 0 Å². The Hall–Kier alpha value is -1.53. The van der Waals surface area contributed by atoms with Gasteiger partial charge in [0.05, 0.1) is 30.0 Å². The molecule has 0 bridgehead atoms. The van der Waals surface area contributed by atoms with Crippen molar-refractivity contribution in [3.05, 3.63) is 0 Å². The first-order valence-electron chi connectivity index (χ1n) is 4.46. The highest BCUT2D eigenvalue weighted by Crippen LogP contribution is 2.20. The van der Waals surface area contributed by atoms with E-state index < -0.39 is 0 Å². The van der Waals surface area contributed by atoms with Crippen LogP contribution in [0.25, 0.3) is 0 Å². The summed E-state index contributed by atoms with van der Waals surface area (Å²) >= 11 is 0. The van der Waals surface area contributed by atoms with Crippen molar-refractivity contribution >= 4 is 0 Å². The topological polar surface area (TPSA) is 71.4 Å². The minimum absolute atomic E-state index is 0.205. The van der Waals surface area contributed by atoms with Crippen LogP contribution in [-0.2, 0) is 0 Å². The second-order valence-electron chi connectivity index (χ2n) is 2.96. The molecule has 0 aromatic carbocycles. The minimum atomic E-state index is -0.274. The van der Waals surface area contributed by atoms with Crippen molar-refractivity contribution in [2.45, 2.75) is 32.6 Å². The molecule has 0 aromatic heterocycles. The van der Waals surface area contributed by atoms with Gasteiger partial charge in [0.2, 0.25) is 0 Å². The summed E-state index contributed by atoms with van der Waals surface area (Å²) in [5.41, 5.74) is 0. The zero-order chi connectivity index (χ0) is 10.1. The van der Waals surface area contributed by atoms with Gasteiger partial charge in [0.1, 0.15) is 0 Å². The summed E-state index contributed by atoms with van der Waals surface area (Å²) in [6, 6.07) is 6.22. The fourth-order valence-electron chi connectivity index (χ4n) is 1.24. The van der Waals surface area contributed by atoms with E-state index in [9.17, 15) is 0 Å². The molecule has 0 radical (unpaired) electrons. The SMILES string of the molecule is CCCC(C#N)C(C#N)CCC#N. The van der Waals surface area contributed by atoms with Crippen LogP contribution in [0.15, 0.2) is 0 Å². The van der Waals surface area contributed by atoms with Crippen LogP contribution in [-0.4, -0.2) is 0 Å². The highest BCUT2D eigenvalue weighted by atomic mass is 14.3. The number of rotatable bonds is 5. The van der Waals surface area contributed by atoms with Gasteiger partial charge in [-0.1, -0.05) is 13.3 Å². The Morgan fingerprint density at radius 3 is 1.92 bits per heavy atom. The molecule has 0 aromatic rings. The molecule has 0 aliphatic carbocycles. The second kappa shape index (κ2) is 7.14. The zero-order valence-electron chi connectivity index (χ0n) is 7.82. The van der Waals surface area contributed by atoms with Crippen LogP contribution in [0.4, 0.5) is 0 Å². The summed E-state index contributed by atoms with van der Waals surface area (Å²) in [6.45, 7) is 1.99. The molecule has 0 N–H and O–H groups in total. The monoisotopic (exact) mass is 175 g/mol. The molecule has 0 saturated heterocycles. The first-order valence-corrected chi connectivity index (χ1v) is 4.46. The summed E-state index contributed by atoms with van der Waals surface area (Å²) in [4.78, 5) is 0. The average Bonchev–Trinajstić information content (AvgIpc) is 2.17. The van der Waals surface area contributed by atoms with Gasteiger partial charge < -0.3 is 0 Å². The molecule has 2 unspecified atom stereocenters. The summed E-state index contributed by atoms with van der Waals surface area (Å²) in [6.07, 6.45) is 2.54. The van der Waals surface area contributed by atoms with E-state index in [2.05, 4.69) is 12.1 Å². The Morgan fingerprint density at radius 1 is 1.00 bits per heavy atom. The Morgan fingerprint density at radius 2 is 1.54 bits per heavy atom. The molecular formula is C10H13N3. The third-order valence-corrected chi connectivity index (χ3v) is 1.98.